The molecule has 5 nitrogen and oxygen atoms in total. The number of hydrogen-bond acceptors (Lipinski definition) is 3. The number of halogens is 1. The van der Waals surface area contributed by atoms with Gasteiger partial charge >= 0.3 is 5.97 Å². The summed E-state index contributed by atoms with van der Waals surface area (Å²) >= 11 is 3.47. The Balaban J connectivity index is 1.86. The van der Waals surface area contributed by atoms with Crippen molar-refractivity contribution < 1.29 is 14.7 Å². The summed E-state index contributed by atoms with van der Waals surface area (Å²) in [5.74, 6) is -1.10. The van der Waals surface area contributed by atoms with E-state index >= 15 is 0 Å². The highest BCUT2D eigenvalue weighted by molar-refractivity contribution is 9.10. The minimum absolute atomic E-state index is 0.0109. The number of nitrogens with zero attached hydrogens (tertiary/aromatic N) is 2. The van der Waals surface area contributed by atoms with Crippen LogP contribution in [0.25, 0.3) is 0 Å². The largest absolute Gasteiger partial charge is 0.481 e. The molecule has 1 amide bonds. The molecule has 1 heterocycles. The Kier molecular flexibility index (Phi) is 5.36. The van der Waals surface area contributed by atoms with Crippen molar-refractivity contribution in [3.05, 3.63) is 34.3 Å². The van der Waals surface area contributed by atoms with Crippen LogP contribution in [0.15, 0.2) is 28.7 Å². The Labute approximate surface area is 132 Å². The minimum Gasteiger partial charge on any atom is -0.481 e. The second-order valence-corrected chi connectivity index (χ2v) is 6.25. The van der Waals surface area contributed by atoms with Gasteiger partial charge < -0.3 is 10.0 Å². The Morgan fingerprint density at radius 2 is 2.14 bits per heavy atom. The monoisotopic (exact) mass is 354 g/mol. The Morgan fingerprint density at radius 3 is 2.76 bits per heavy atom. The number of hydrogen-bond donors (Lipinski definition) is 1. The number of amides is 1. The molecule has 21 heavy (non-hydrogen) atoms. The van der Waals surface area contributed by atoms with E-state index in [4.69, 9.17) is 5.11 Å². The molecule has 1 N–H and O–H groups in total. The van der Waals surface area contributed by atoms with Gasteiger partial charge in [-0.1, -0.05) is 34.1 Å². The lowest BCUT2D eigenvalue weighted by molar-refractivity contribution is -0.141. The normalized spacial score (nSPS) is 18.7. The minimum atomic E-state index is -0.772. The number of likely N-dealkylation sites (tertiary alicyclic amines) is 1. The van der Waals surface area contributed by atoms with E-state index in [1.807, 2.05) is 29.2 Å². The van der Waals surface area contributed by atoms with Crippen molar-refractivity contribution in [2.75, 3.05) is 26.7 Å². The summed E-state index contributed by atoms with van der Waals surface area (Å²) in [4.78, 5) is 26.7. The molecule has 1 aliphatic heterocycles. The second kappa shape index (κ2) is 7.04. The van der Waals surface area contributed by atoms with Crippen LogP contribution in [0, 0.1) is 5.92 Å². The van der Waals surface area contributed by atoms with Gasteiger partial charge in [-0.3, -0.25) is 14.5 Å². The Bertz CT molecular complexity index is 535. The van der Waals surface area contributed by atoms with Gasteiger partial charge in [-0.25, -0.2) is 0 Å². The van der Waals surface area contributed by atoms with E-state index in [0.717, 1.165) is 10.0 Å². The molecule has 6 heteroatoms. The molecule has 1 atom stereocenters. The first-order valence-electron chi connectivity index (χ1n) is 6.90. The fourth-order valence-corrected chi connectivity index (χ4v) is 2.87. The predicted molar refractivity (Wildman–Crippen MR) is 82.8 cm³/mol. The van der Waals surface area contributed by atoms with E-state index in [-0.39, 0.29) is 18.4 Å². The van der Waals surface area contributed by atoms with Crippen LogP contribution in [-0.4, -0.2) is 53.5 Å². The van der Waals surface area contributed by atoms with Crippen molar-refractivity contribution in [1.29, 1.82) is 0 Å². The number of carboxylic acid groups (broad SMARTS) is 1. The number of aliphatic carboxylic acids is 1. The van der Waals surface area contributed by atoms with Gasteiger partial charge in [0.05, 0.1) is 12.5 Å². The number of benzene rings is 1. The second-order valence-electron chi connectivity index (χ2n) is 5.40. The first kappa shape index (κ1) is 16.0. The lowest BCUT2D eigenvalue weighted by Gasteiger charge is -2.22. The van der Waals surface area contributed by atoms with E-state index in [9.17, 15) is 9.59 Å². The first-order valence-corrected chi connectivity index (χ1v) is 7.69. The zero-order valence-electron chi connectivity index (χ0n) is 12.0. The van der Waals surface area contributed by atoms with E-state index < -0.39 is 5.97 Å². The van der Waals surface area contributed by atoms with Gasteiger partial charge in [0.2, 0.25) is 5.91 Å². The molecule has 0 radical (unpaired) electrons. The topological polar surface area (TPSA) is 60.9 Å². The number of carbonyl (C=O) groups excluding carboxylic acids is 1. The smallest absolute Gasteiger partial charge is 0.307 e. The highest BCUT2D eigenvalue weighted by Gasteiger charge is 2.29. The predicted octanol–water partition coefficient (Wildman–Crippen LogP) is 1.81. The molecule has 1 unspecified atom stereocenters. The van der Waals surface area contributed by atoms with Crippen LogP contribution in [-0.2, 0) is 16.1 Å². The van der Waals surface area contributed by atoms with Crippen LogP contribution in [0.1, 0.15) is 12.0 Å². The van der Waals surface area contributed by atoms with Crippen molar-refractivity contribution in [2.24, 2.45) is 5.92 Å². The fraction of sp³-hybridized carbons (Fsp3) is 0.467. The van der Waals surface area contributed by atoms with Crippen molar-refractivity contribution in [2.45, 2.75) is 13.0 Å². The SMILES string of the molecule is CN(Cc1ccccc1Br)C(=O)CN1CCC(C(=O)O)C1. The van der Waals surface area contributed by atoms with E-state index in [1.54, 1.807) is 11.9 Å². The van der Waals surface area contributed by atoms with Crippen LogP contribution in [0.3, 0.4) is 0 Å². The zero-order chi connectivity index (χ0) is 15.4. The average Bonchev–Trinajstić information content (AvgIpc) is 2.90. The molecule has 0 aromatic heterocycles. The summed E-state index contributed by atoms with van der Waals surface area (Å²) in [6, 6.07) is 7.80. The maximum Gasteiger partial charge on any atom is 0.307 e. The third kappa shape index (κ3) is 4.28. The van der Waals surface area contributed by atoms with Crippen molar-refractivity contribution in [3.8, 4) is 0 Å². The van der Waals surface area contributed by atoms with Crippen molar-refractivity contribution >= 4 is 27.8 Å². The molecule has 1 aliphatic rings. The van der Waals surface area contributed by atoms with Gasteiger partial charge in [0.15, 0.2) is 0 Å². The average molecular weight is 355 g/mol. The van der Waals surface area contributed by atoms with E-state index in [1.165, 1.54) is 0 Å². The molecule has 1 aromatic rings. The standard InChI is InChI=1S/C15H19BrN2O3/c1-17(8-11-4-2-3-5-13(11)16)14(19)10-18-7-6-12(9-18)15(20)21/h2-5,12H,6-10H2,1H3,(H,20,21). The van der Waals surface area contributed by atoms with Gasteiger partial charge in [0.1, 0.15) is 0 Å². The molecule has 0 aliphatic carbocycles. The molecule has 0 bridgehead atoms. The van der Waals surface area contributed by atoms with Crippen molar-refractivity contribution in [1.82, 2.24) is 9.80 Å². The highest BCUT2D eigenvalue weighted by Crippen LogP contribution is 2.18. The van der Waals surface area contributed by atoms with Crippen molar-refractivity contribution in [3.63, 3.8) is 0 Å². The van der Waals surface area contributed by atoms with Crippen LogP contribution in [0.5, 0.6) is 0 Å². The summed E-state index contributed by atoms with van der Waals surface area (Å²) in [7, 11) is 1.77. The van der Waals surface area contributed by atoms with E-state index in [0.29, 0.717) is 26.1 Å². The van der Waals surface area contributed by atoms with Crippen LogP contribution in [0.4, 0.5) is 0 Å². The summed E-state index contributed by atoms with van der Waals surface area (Å²) in [6.07, 6.45) is 0.622. The quantitative estimate of drug-likeness (QED) is 0.875. The molecule has 2 rings (SSSR count). The third-order valence-electron chi connectivity index (χ3n) is 3.77. The number of carbonyl (C=O) groups is 2. The summed E-state index contributed by atoms with van der Waals surface area (Å²) in [5.41, 5.74) is 1.05. The fourth-order valence-electron chi connectivity index (χ4n) is 2.46. The summed E-state index contributed by atoms with van der Waals surface area (Å²) in [5, 5.41) is 8.97. The lowest BCUT2D eigenvalue weighted by atomic mass is 10.1. The van der Waals surface area contributed by atoms with Crippen LogP contribution >= 0.6 is 15.9 Å². The molecule has 114 valence electrons. The maximum absolute atomic E-state index is 12.2. The number of rotatable bonds is 5. The number of likely N-dealkylation sites (N-methyl/N-ethyl adjacent to an activating group) is 1. The maximum atomic E-state index is 12.2. The van der Waals surface area contributed by atoms with Gasteiger partial charge in [0.25, 0.3) is 0 Å². The third-order valence-corrected chi connectivity index (χ3v) is 4.55. The lowest BCUT2D eigenvalue weighted by Crippen LogP contribution is -2.37. The molecule has 0 saturated carbocycles. The molecular weight excluding hydrogens is 336 g/mol. The van der Waals surface area contributed by atoms with Gasteiger partial charge in [-0.2, -0.15) is 0 Å². The summed E-state index contributed by atoms with van der Waals surface area (Å²) in [6.45, 7) is 1.96. The zero-order valence-corrected chi connectivity index (χ0v) is 13.5. The first-order chi connectivity index (χ1) is 9.97. The Hall–Kier alpha value is -1.40. The Morgan fingerprint density at radius 1 is 1.43 bits per heavy atom. The molecule has 0 spiro atoms. The number of carboxylic acids is 1. The van der Waals surface area contributed by atoms with Gasteiger partial charge in [0, 0.05) is 24.6 Å². The molecule has 1 aromatic carbocycles. The molecule has 1 saturated heterocycles. The van der Waals surface area contributed by atoms with E-state index in [2.05, 4.69) is 15.9 Å². The van der Waals surface area contributed by atoms with Crippen LogP contribution < -0.4 is 0 Å². The molecular formula is C15H19BrN2O3. The van der Waals surface area contributed by atoms with Gasteiger partial charge in [-0.15, -0.1) is 0 Å². The van der Waals surface area contributed by atoms with Crippen LogP contribution in [0.2, 0.25) is 0 Å². The highest BCUT2D eigenvalue weighted by atomic mass is 79.9. The summed E-state index contributed by atoms with van der Waals surface area (Å²) < 4.78 is 0.983. The molecule has 1 fully saturated rings. The van der Waals surface area contributed by atoms with Gasteiger partial charge in [-0.05, 0) is 24.6 Å².